The van der Waals surface area contributed by atoms with Gasteiger partial charge in [-0.15, -0.1) is 0 Å². The molecule has 1 rings (SSSR count). The van der Waals surface area contributed by atoms with E-state index in [0.29, 0.717) is 19.4 Å². The molecule has 0 aliphatic carbocycles. The lowest BCUT2D eigenvalue weighted by Gasteiger charge is -2.38. The van der Waals surface area contributed by atoms with Crippen molar-refractivity contribution in [2.75, 3.05) is 19.4 Å². The lowest BCUT2D eigenvalue weighted by molar-refractivity contribution is -0.144. The third kappa shape index (κ3) is 3.90. The zero-order chi connectivity index (χ0) is 14.8. The summed E-state index contributed by atoms with van der Waals surface area (Å²) in [5, 5.41) is 9.12. The molecule has 0 unspecified atom stereocenters. The Hall–Kier alpha value is -0.660. The topological polar surface area (TPSA) is 83.9 Å². The molecule has 1 aliphatic heterocycles. The minimum absolute atomic E-state index is 0.146. The second-order valence-corrected chi connectivity index (χ2v) is 7.58. The van der Waals surface area contributed by atoms with Crippen LogP contribution in [0.15, 0.2) is 0 Å². The number of aliphatic carboxylic acids is 1. The lowest BCUT2D eigenvalue weighted by Crippen LogP contribution is -2.52. The molecule has 7 heteroatoms. The largest absolute Gasteiger partial charge is 0.481 e. The van der Waals surface area contributed by atoms with Gasteiger partial charge >= 0.3 is 5.97 Å². The summed E-state index contributed by atoms with van der Waals surface area (Å²) < 4.78 is 31.3. The third-order valence-corrected chi connectivity index (χ3v) is 5.98. The Labute approximate surface area is 114 Å². The number of nitrogens with zero attached hydrogens (tertiary/aromatic N) is 1. The van der Waals surface area contributed by atoms with E-state index < -0.39 is 33.6 Å². The first kappa shape index (κ1) is 16.4. The summed E-state index contributed by atoms with van der Waals surface area (Å²) in [5.41, 5.74) is -0.783. The Bertz CT molecular complexity index is 431. The van der Waals surface area contributed by atoms with Crippen LogP contribution in [0.25, 0.3) is 0 Å². The third-order valence-electron chi connectivity index (χ3n) is 3.69. The summed E-state index contributed by atoms with van der Waals surface area (Å²) in [4.78, 5) is 11.1. The van der Waals surface area contributed by atoms with Crippen LogP contribution < -0.4 is 0 Å². The molecule has 19 heavy (non-hydrogen) atoms. The Kier molecular flexibility index (Phi) is 4.97. The number of carboxylic acids is 1. The Balaban J connectivity index is 2.91. The number of hydrogen-bond acceptors (Lipinski definition) is 4. The summed E-state index contributed by atoms with van der Waals surface area (Å²) in [5.74, 6) is -1.71. The number of hydrogen-bond donors (Lipinski definition) is 1. The highest BCUT2D eigenvalue weighted by atomic mass is 32.2. The summed E-state index contributed by atoms with van der Waals surface area (Å²) >= 11 is 0. The molecule has 2 atom stereocenters. The van der Waals surface area contributed by atoms with Gasteiger partial charge in [0.05, 0.1) is 17.3 Å². The van der Waals surface area contributed by atoms with Crippen molar-refractivity contribution in [1.82, 2.24) is 4.31 Å². The maximum Gasteiger partial charge on any atom is 0.308 e. The standard InChI is InChI=1S/C12H23NO5S/c1-9-10(11(14)15)6-5-7-13(9)19(16,17)8-12(2,3)18-4/h9-10H,5-8H2,1-4H3,(H,14,15)/t9-,10-/m0/s1. The van der Waals surface area contributed by atoms with E-state index in [0.717, 1.165) is 0 Å². The molecule has 0 amide bonds. The molecule has 0 saturated carbocycles. The number of sulfonamides is 1. The second-order valence-electron chi connectivity index (χ2n) is 5.66. The minimum atomic E-state index is -3.52. The Morgan fingerprint density at radius 3 is 2.53 bits per heavy atom. The van der Waals surface area contributed by atoms with Gasteiger partial charge < -0.3 is 9.84 Å². The molecule has 1 saturated heterocycles. The number of carboxylic acid groups (broad SMARTS) is 1. The molecule has 0 bridgehead atoms. The van der Waals surface area contributed by atoms with Gasteiger partial charge in [0.1, 0.15) is 0 Å². The predicted molar refractivity (Wildman–Crippen MR) is 71.4 cm³/mol. The number of ether oxygens (including phenoxy) is 1. The summed E-state index contributed by atoms with van der Waals surface area (Å²) in [7, 11) is -2.06. The van der Waals surface area contributed by atoms with E-state index in [1.165, 1.54) is 11.4 Å². The number of carbonyl (C=O) groups is 1. The van der Waals surface area contributed by atoms with Crippen molar-refractivity contribution in [2.24, 2.45) is 5.92 Å². The number of piperidine rings is 1. The predicted octanol–water partition coefficient (Wildman–Crippen LogP) is 0.926. The van der Waals surface area contributed by atoms with Crippen molar-refractivity contribution in [3.05, 3.63) is 0 Å². The number of methoxy groups -OCH3 is 1. The second kappa shape index (κ2) is 5.76. The van der Waals surface area contributed by atoms with Crippen molar-refractivity contribution in [3.8, 4) is 0 Å². The zero-order valence-electron chi connectivity index (χ0n) is 11.9. The van der Waals surface area contributed by atoms with Crippen LogP contribution in [0.5, 0.6) is 0 Å². The first-order valence-corrected chi connectivity index (χ1v) is 7.99. The normalized spacial score (nSPS) is 26.3. The Morgan fingerprint density at radius 2 is 2.05 bits per heavy atom. The molecule has 0 aromatic rings. The highest BCUT2D eigenvalue weighted by Crippen LogP contribution is 2.28. The molecular weight excluding hydrogens is 270 g/mol. The van der Waals surface area contributed by atoms with E-state index in [4.69, 9.17) is 9.84 Å². The molecule has 0 aromatic heterocycles. The van der Waals surface area contributed by atoms with E-state index >= 15 is 0 Å². The fourth-order valence-electron chi connectivity index (χ4n) is 2.42. The highest BCUT2D eigenvalue weighted by molar-refractivity contribution is 7.89. The lowest BCUT2D eigenvalue weighted by atomic mass is 9.92. The van der Waals surface area contributed by atoms with Gasteiger partial charge in [-0.3, -0.25) is 4.79 Å². The van der Waals surface area contributed by atoms with E-state index in [1.807, 2.05) is 0 Å². The molecule has 1 heterocycles. The molecule has 0 radical (unpaired) electrons. The fourth-order valence-corrected chi connectivity index (χ4v) is 4.64. The van der Waals surface area contributed by atoms with Gasteiger partial charge in [0.25, 0.3) is 0 Å². The monoisotopic (exact) mass is 293 g/mol. The van der Waals surface area contributed by atoms with Crippen molar-refractivity contribution in [1.29, 1.82) is 0 Å². The van der Waals surface area contributed by atoms with Crippen molar-refractivity contribution in [3.63, 3.8) is 0 Å². The minimum Gasteiger partial charge on any atom is -0.481 e. The Morgan fingerprint density at radius 1 is 1.47 bits per heavy atom. The van der Waals surface area contributed by atoms with Gasteiger partial charge in [-0.05, 0) is 33.6 Å². The summed E-state index contributed by atoms with van der Waals surface area (Å²) in [6, 6.07) is -0.510. The number of rotatable bonds is 5. The van der Waals surface area contributed by atoms with Crippen LogP contribution in [0, 0.1) is 5.92 Å². The van der Waals surface area contributed by atoms with Crippen molar-refractivity contribution >= 4 is 16.0 Å². The van der Waals surface area contributed by atoms with Crippen LogP contribution in [-0.4, -0.2) is 54.8 Å². The van der Waals surface area contributed by atoms with Crippen molar-refractivity contribution < 1.29 is 23.1 Å². The van der Waals surface area contributed by atoms with Crippen LogP contribution in [-0.2, 0) is 19.6 Å². The quantitative estimate of drug-likeness (QED) is 0.815. The molecule has 1 aliphatic rings. The molecular formula is C12H23NO5S. The first-order chi connectivity index (χ1) is 8.60. The molecule has 0 spiro atoms. The maximum atomic E-state index is 12.4. The van der Waals surface area contributed by atoms with Crippen molar-refractivity contribution in [2.45, 2.75) is 45.3 Å². The highest BCUT2D eigenvalue weighted by Gasteiger charge is 2.40. The van der Waals surface area contributed by atoms with Gasteiger partial charge in [0.15, 0.2) is 0 Å². The van der Waals surface area contributed by atoms with Crippen LogP contribution in [0.4, 0.5) is 0 Å². The average Bonchev–Trinajstić information content (AvgIpc) is 2.27. The summed E-state index contributed by atoms with van der Waals surface area (Å²) in [6.07, 6.45) is 1.10. The fraction of sp³-hybridized carbons (Fsp3) is 0.917. The molecule has 1 fully saturated rings. The average molecular weight is 293 g/mol. The maximum absolute atomic E-state index is 12.4. The van der Waals surface area contributed by atoms with Gasteiger partial charge in [-0.25, -0.2) is 8.42 Å². The molecule has 6 nitrogen and oxygen atoms in total. The van der Waals surface area contributed by atoms with E-state index in [1.54, 1.807) is 20.8 Å². The van der Waals surface area contributed by atoms with E-state index in [9.17, 15) is 13.2 Å². The van der Waals surface area contributed by atoms with Crippen LogP contribution in [0.3, 0.4) is 0 Å². The van der Waals surface area contributed by atoms with Gasteiger partial charge in [0.2, 0.25) is 10.0 Å². The smallest absolute Gasteiger partial charge is 0.308 e. The molecule has 112 valence electrons. The molecule has 1 N–H and O–H groups in total. The van der Waals surface area contributed by atoms with Crippen LogP contribution in [0.1, 0.15) is 33.6 Å². The van der Waals surface area contributed by atoms with Gasteiger partial charge in [0, 0.05) is 19.7 Å². The zero-order valence-corrected chi connectivity index (χ0v) is 12.7. The van der Waals surface area contributed by atoms with Crippen LogP contribution >= 0.6 is 0 Å². The van der Waals surface area contributed by atoms with E-state index in [-0.39, 0.29) is 5.75 Å². The SMILES string of the molecule is COC(C)(C)CS(=O)(=O)N1CCC[C@H](C(=O)O)[C@@H]1C. The van der Waals surface area contributed by atoms with Gasteiger partial charge in [-0.1, -0.05) is 0 Å². The summed E-state index contributed by atoms with van der Waals surface area (Å²) in [6.45, 7) is 5.45. The van der Waals surface area contributed by atoms with Gasteiger partial charge in [-0.2, -0.15) is 4.31 Å². The van der Waals surface area contributed by atoms with E-state index in [2.05, 4.69) is 0 Å². The molecule has 0 aromatic carbocycles. The van der Waals surface area contributed by atoms with Crippen LogP contribution in [0.2, 0.25) is 0 Å². The first-order valence-electron chi connectivity index (χ1n) is 6.38.